The van der Waals surface area contributed by atoms with Crippen molar-refractivity contribution in [1.82, 2.24) is 4.31 Å². The zero-order chi connectivity index (χ0) is 18.4. The Bertz CT molecular complexity index is 820. The third-order valence-corrected chi connectivity index (χ3v) is 5.57. The van der Waals surface area contributed by atoms with Crippen LogP contribution in [0.1, 0.15) is 12.5 Å². The Morgan fingerprint density at radius 1 is 1.04 bits per heavy atom. The third kappa shape index (κ3) is 4.64. The van der Waals surface area contributed by atoms with E-state index in [1.165, 1.54) is 18.4 Å². The number of ether oxygens (including phenoxy) is 1. The maximum absolute atomic E-state index is 12.4. The molecule has 7 heteroatoms. The van der Waals surface area contributed by atoms with Gasteiger partial charge in [0.05, 0.1) is 23.4 Å². The molecule has 0 saturated carbocycles. The van der Waals surface area contributed by atoms with Gasteiger partial charge in [0.15, 0.2) is 0 Å². The van der Waals surface area contributed by atoms with Crippen molar-refractivity contribution in [2.45, 2.75) is 18.4 Å². The smallest absolute Gasteiger partial charge is 0.242 e. The molecule has 0 unspecified atom stereocenters. The van der Waals surface area contributed by atoms with Crippen LogP contribution in [0.15, 0.2) is 47.4 Å². The highest BCUT2D eigenvalue weighted by atomic mass is 32.2. The number of nitrogens with one attached hydrogen (secondary N) is 2. The first kappa shape index (κ1) is 19.1. The molecule has 2 rings (SSSR count). The first-order valence-electron chi connectivity index (χ1n) is 8.05. The van der Waals surface area contributed by atoms with Crippen LogP contribution >= 0.6 is 0 Å². The molecule has 136 valence electrons. The van der Waals surface area contributed by atoms with E-state index in [0.29, 0.717) is 6.54 Å². The molecule has 0 aliphatic heterocycles. The topological polar surface area (TPSA) is 70.7 Å². The second kappa shape index (κ2) is 8.22. The van der Waals surface area contributed by atoms with Crippen LogP contribution < -0.4 is 15.4 Å². The van der Waals surface area contributed by atoms with E-state index < -0.39 is 10.0 Å². The highest BCUT2D eigenvalue weighted by Crippen LogP contribution is 2.27. The van der Waals surface area contributed by atoms with Gasteiger partial charge >= 0.3 is 0 Å². The van der Waals surface area contributed by atoms with Gasteiger partial charge in [0.1, 0.15) is 5.75 Å². The summed E-state index contributed by atoms with van der Waals surface area (Å²) in [5.41, 5.74) is 2.65. The average Bonchev–Trinajstić information content (AvgIpc) is 2.61. The summed E-state index contributed by atoms with van der Waals surface area (Å²) in [6, 6.07) is 12.8. The molecule has 0 amide bonds. The van der Waals surface area contributed by atoms with Gasteiger partial charge in [-0.25, -0.2) is 12.7 Å². The lowest BCUT2D eigenvalue weighted by Gasteiger charge is -2.17. The lowest BCUT2D eigenvalue weighted by molar-refractivity contribution is 0.414. The van der Waals surface area contributed by atoms with Gasteiger partial charge in [-0.05, 0) is 42.8 Å². The summed E-state index contributed by atoms with van der Waals surface area (Å²) in [5, 5.41) is 6.56. The number of rotatable bonds is 8. The Kier molecular flexibility index (Phi) is 6.27. The summed E-state index contributed by atoms with van der Waals surface area (Å²) < 4.78 is 31.2. The monoisotopic (exact) mass is 363 g/mol. The molecule has 0 spiro atoms. The number of anilines is 2. The Morgan fingerprint density at radius 2 is 1.80 bits per heavy atom. The summed E-state index contributed by atoms with van der Waals surface area (Å²) in [6.45, 7) is 3.30. The third-order valence-electron chi connectivity index (χ3n) is 3.75. The van der Waals surface area contributed by atoms with Crippen molar-refractivity contribution >= 4 is 21.4 Å². The highest BCUT2D eigenvalue weighted by Gasteiger charge is 2.18. The van der Waals surface area contributed by atoms with Crippen molar-refractivity contribution in [2.24, 2.45) is 0 Å². The summed E-state index contributed by atoms with van der Waals surface area (Å²) >= 11 is 0. The molecule has 0 heterocycles. The number of hydrogen-bond acceptors (Lipinski definition) is 5. The van der Waals surface area contributed by atoms with E-state index in [1.807, 2.05) is 31.2 Å². The van der Waals surface area contributed by atoms with Gasteiger partial charge in [-0.2, -0.15) is 0 Å². The molecule has 2 aromatic rings. The minimum Gasteiger partial charge on any atom is -0.497 e. The summed E-state index contributed by atoms with van der Waals surface area (Å²) in [5.74, 6) is 0.787. The number of benzene rings is 2. The molecule has 0 saturated heterocycles. The molecule has 6 nitrogen and oxygen atoms in total. The zero-order valence-corrected chi connectivity index (χ0v) is 15.9. The van der Waals surface area contributed by atoms with Crippen LogP contribution in [0.25, 0.3) is 0 Å². The van der Waals surface area contributed by atoms with Crippen LogP contribution in [0.5, 0.6) is 5.75 Å². The van der Waals surface area contributed by atoms with E-state index in [2.05, 4.69) is 10.6 Å². The van der Waals surface area contributed by atoms with Crippen molar-refractivity contribution in [3.63, 3.8) is 0 Å². The highest BCUT2D eigenvalue weighted by molar-refractivity contribution is 7.89. The van der Waals surface area contributed by atoms with Gasteiger partial charge in [-0.1, -0.05) is 12.1 Å². The van der Waals surface area contributed by atoms with Crippen LogP contribution in [-0.4, -0.2) is 40.5 Å². The normalized spacial score (nSPS) is 11.4. The number of sulfonamides is 1. The van der Waals surface area contributed by atoms with Crippen molar-refractivity contribution in [3.8, 4) is 5.75 Å². The number of nitrogens with zero attached hydrogens (tertiary/aromatic N) is 1. The quantitative estimate of drug-likeness (QED) is 0.754. The Labute approximate surface area is 149 Å². The molecular formula is C18H25N3O3S. The molecule has 0 aromatic heterocycles. The maximum Gasteiger partial charge on any atom is 0.242 e. The molecule has 0 aliphatic carbocycles. The van der Waals surface area contributed by atoms with Crippen LogP contribution in [0, 0.1) is 0 Å². The predicted molar refractivity (Wildman–Crippen MR) is 102 cm³/mol. The second-order valence-electron chi connectivity index (χ2n) is 5.73. The van der Waals surface area contributed by atoms with E-state index in [-0.39, 0.29) is 4.90 Å². The van der Waals surface area contributed by atoms with E-state index in [0.717, 1.165) is 29.2 Å². The fraction of sp³-hybridized carbons (Fsp3) is 0.333. The van der Waals surface area contributed by atoms with Crippen LogP contribution in [0.3, 0.4) is 0 Å². The lowest BCUT2D eigenvalue weighted by atomic mass is 10.2. The summed E-state index contributed by atoms with van der Waals surface area (Å²) in [7, 11) is 1.20. The average molecular weight is 363 g/mol. The van der Waals surface area contributed by atoms with Gasteiger partial charge in [-0.3, -0.25) is 0 Å². The van der Waals surface area contributed by atoms with E-state index in [4.69, 9.17) is 4.74 Å². The van der Waals surface area contributed by atoms with Gasteiger partial charge in [-0.15, -0.1) is 0 Å². The molecule has 2 N–H and O–H groups in total. The van der Waals surface area contributed by atoms with Crippen LogP contribution in [0.2, 0.25) is 0 Å². The molecule has 25 heavy (non-hydrogen) atoms. The predicted octanol–water partition coefficient (Wildman–Crippen LogP) is 2.99. The van der Waals surface area contributed by atoms with E-state index in [1.54, 1.807) is 25.3 Å². The largest absolute Gasteiger partial charge is 0.497 e. The minimum atomic E-state index is -3.48. The minimum absolute atomic E-state index is 0.257. The zero-order valence-electron chi connectivity index (χ0n) is 15.0. The first-order valence-corrected chi connectivity index (χ1v) is 9.49. The Hall–Kier alpha value is -2.25. The van der Waals surface area contributed by atoms with E-state index in [9.17, 15) is 8.42 Å². The van der Waals surface area contributed by atoms with Crippen molar-refractivity contribution < 1.29 is 13.2 Å². The number of hydrogen-bond donors (Lipinski definition) is 2. The van der Waals surface area contributed by atoms with E-state index >= 15 is 0 Å². The van der Waals surface area contributed by atoms with Crippen LogP contribution in [-0.2, 0) is 16.6 Å². The maximum atomic E-state index is 12.4. The molecular weight excluding hydrogens is 338 g/mol. The van der Waals surface area contributed by atoms with Gasteiger partial charge in [0, 0.05) is 27.2 Å². The molecule has 0 radical (unpaired) electrons. The molecule has 0 aliphatic rings. The molecule has 0 atom stereocenters. The Morgan fingerprint density at radius 3 is 2.44 bits per heavy atom. The van der Waals surface area contributed by atoms with Crippen LogP contribution in [0.4, 0.5) is 11.4 Å². The standard InChI is InChI=1S/C18H25N3O3S/c1-5-19-17-10-9-16(25(22,23)21(2)3)12-18(17)20-13-14-7-6-8-15(11-14)24-4/h6-12,19-20H,5,13H2,1-4H3. The SMILES string of the molecule is CCNc1ccc(S(=O)(=O)N(C)C)cc1NCc1cccc(OC)c1. The molecule has 2 aromatic carbocycles. The van der Waals surface area contributed by atoms with Gasteiger partial charge < -0.3 is 15.4 Å². The van der Waals surface area contributed by atoms with Crippen molar-refractivity contribution in [3.05, 3.63) is 48.0 Å². The second-order valence-corrected chi connectivity index (χ2v) is 7.88. The fourth-order valence-corrected chi connectivity index (χ4v) is 3.29. The van der Waals surface area contributed by atoms with Crippen molar-refractivity contribution in [2.75, 3.05) is 38.4 Å². The number of methoxy groups -OCH3 is 1. The molecule has 0 bridgehead atoms. The molecule has 0 fully saturated rings. The lowest BCUT2D eigenvalue weighted by Crippen LogP contribution is -2.22. The summed E-state index contributed by atoms with van der Waals surface area (Å²) in [6.07, 6.45) is 0. The summed E-state index contributed by atoms with van der Waals surface area (Å²) in [4.78, 5) is 0.257. The Balaban J connectivity index is 2.30. The fourth-order valence-electron chi connectivity index (χ4n) is 2.37. The first-order chi connectivity index (χ1) is 11.9. The van der Waals surface area contributed by atoms with Gasteiger partial charge in [0.25, 0.3) is 0 Å². The van der Waals surface area contributed by atoms with Gasteiger partial charge in [0.2, 0.25) is 10.0 Å². The van der Waals surface area contributed by atoms with Crippen molar-refractivity contribution in [1.29, 1.82) is 0 Å².